The number of benzene rings is 1. The van der Waals surface area contributed by atoms with E-state index in [1.165, 1.54) is 0 Å². The van der Waals surface area contributed by atoms with Gasteiger partial charge in [-0.3, -0.25) is 10.3 Å². The molecule has 2 aromatic rings. The number of nitrogens with one attached hydrogen (secondary N) is 1. The molecule has 0 saturated heterocycles. The summed E-state index contributed by atoms with van der Waals surface area (Å²) in [4.78, 5) is 4.30. The van der Waals surface area contributed by atoms with Crippen molar-refractivity contribution in [2.45, 2.75) is 13.0 Å². The molecule has 1 aromatic heterocycles. The second-order valence-electron chi connectivity index (χ2n) is 4.02. The van der Waals surface area contributed by atoms with Gasteiger partial charge in [-0.2, -0.15) is 0 Å². The average molecular weight is 236 g/mol. The molecule has 2 rings (SSSR count). The predicted molar refractivity (Wildman–Crippen MR) is 74.0 cm³/mol. The maximum atomic E-state index is 4.30. The van der Waals surface area contributed by atoms with Crippen molar-refractivity contribution in [1.29, 1.82) is 0 Å². The molecule has 1 atom stereocenters. The number of rotatable bonds is 3. The van der Waals surface area contributed by atoms with Crippen LogP contribution in [0.25, 0.3) is 0 Å². The number of pyridine rings is 1. The van der Waals surface area contributed by atoms with E-state index in [2.05, 4.69) is 29.1 Å². The third-order valence-electron chi connectivity index (χ3n) is 2.63. The molecule has 0 radical (unpaired) electrons. The zero-order valence-corrected chi connectivity index (χ0v) is 10.4. The molecular weight excluding hydrogens is 220 g/mol. The molecule has 0 aliphatic rings. The van der Waals surface area contributed by atoms with Crippen molar-refractivity contribution < 1.29 is 0 Å². The van der Waals surface area contributed by atoms with Crippen molar-refractivity contribution in [3.8, 4) is 11.8 Å². The van der Waals surface area contributed by atoms with Crippen molar-refractivity contribution in [3.05, 3.63) is 66.0 Å². The summed E-state index contributed by atoms with van der Waals surface area (Å²) in [6.45, 7) is 2.75. The van der Waals surface area contributed by atoms with Gasteiger partial charge >= 0.3 is 0 Å². The minimum absolute atomic E-state index is 0.219. The second-order valence-corrected chi connectivity index (χ2v) is 4.02. The lowest BCUT2D eigenvalue weighted by Gasteiger charge is -2.10. The number of aromatic nitrogens is 1. The summed E-state index contributed by atoms with van der Waals surface area (Å²) in [5.74, 6) is 6.23. The molecule has 1 aromatic carbocycles. The minimum atomic E-state index is 0.219. The first kappa shape index (κ1) is 12.3. The standard InChI is InChI=1S/C16H16N2/c1-14(16-11-5-6-12-18-16)17-13-7-10-15-8-3-2-4-9-15/h2-6,8-9,11-12,14,17H,13H2,1H3. The average Bonchev–Trinajstić information content (AvgIpc) is 2.45. The second kappa shape index (κ2) is 6.58. The van der Waals surface area contributed by atoms with Gasteiger partial charge in [-0.1, -0.05) is 36.1 Å². The van der Waals surface area contributed by atoms with Gasteiger partial charge in [0, 0.05) is 17.8 Å². The third kappa shape index (κ3) is 3.73. The van der Waals surface area contributed by atoms with Crippen LogP contribution in [0.4, 0.5) is 0 Å². The molecule has 0 amide bonds. The lowest BCUT2D eigenvalue weighted by atomic mass is 10.2. The molecule has 0 saturated carbocycles. The highest BCUT2D eigenvalue weighted by molar-refractivity contribution is 5.33. The van der Waals surface area contributed by atoms with Gasteiger partial charge in [0.15, 0.2) is 0 Å². The van der Waals surface area contributed by atoms with E-state index in [-0.39, 0.29) is 6.04 Å². The van der Waals surface area contributed by atoms with Gasteiger partial charge in [-0.05, 0) is 31.2 Å². The summed E-state index contributed by atoms with van der Waals surface area (Å²) < 4.78 is 0. The third-order valence-corrected chi connectivity index (χ3v) is 2.63. The van der Waals surface area contributed by atoms with Crippen molar-refractivity contribution in [1.82, 2.24) is 10.3 Å². The number of nitrogens with zero attached hydrogens (tertiary/aromatic N) is 1. The smallest absolute Gasteiger partial charge is 0.0585 e. The van der Waals surface area contributed by atoms with Gasteiger partial charge < -0.3 is 0 Å². The predicted octanol–water partition coefficient (Wildman–Crippen LogP) is 2.78. The quantitative estimate of drug-likeness (QED) is 0.829. The van der Waals surface area contributed by atoms with Gasteiger partial charge in [0.2, 0.25) is 0 Å². The summed E-state index contributed by atoms with van der Waals surface area (Å²) in [6, 6.07) is 16.2. The lowest BCUT2D eigenvalue weighted by Crippen LogP contribution is -2.19. The van der Waals surface area contributed by atoms with Crippen LogP contribution in [0.1, 0.15) is 24.2 Å². The molecule has 1 N–H and O–H groups in total. The monoisotopic (exact) mass is 236 g/mol. The molecule has 2 nitrogen and oxygen atoms in total. The van der Waals surface area contributed by atoms with E-state index in [4.69, 9.17) is 0 Å². The van der Waals surface area contributed by atoms with Crippen LogP contribution in [0, 0.1) is 11.8 Å². The summed E-state index contributed by atoms with van der Waals surface area (Å²) in [5.41, 5.74) is 2.09. The van der Waals surface area contributed by atoms with Crippen LogP contribution in [0.2, 0.25) is 0 Å². The van der Waals surface area contributed by atoms with Crippen molar-refractivity contribution in [2.75, 3.05) is 6.54 Å². The van der Waals surface area contributed by atoms with Gasteiger partial charge in [0.1, 0.15) is 0 Å². The van der Waals surface area contributed by atoms with Crippen LogP contribution >= 0.6 is 0 Å². The van der Waals surface area contributed by atoms with E-state index >= 15 is 0 Å². The Hall–Kier alpha value is -2.11. The largest absolute Gasteiger partial charge is 0.298 e. The van der Waals surface area contributed by atoms with Gasteiger partial charge in [-0.25, -0.2) is 0 Å². The fraction of sp³-hybridized carbons (Fsp3) is 0.188. The fourth-order valence-corrected chi connectivity index (χ4v) is 1.61. The molecule has 0 bridgehead atoms. The molecule has 1 unspecified atom stereocenters. The Morgan fingerprint density at radius 1 is 1.11 bits per heavy atom. The van der Waals surface area contributed by atoms with Crippen LogP contribution in [-0.4, -0.2) is 11.5 Å². The molecular formula is C16H16N2. The minimum Gasteiger partial charge on any atom is -0.298 e. The van der Waals surface area contributed by atoms with Crippen molar-refractivity contribution in [2.24, 2.45) is 0 Å². The highest BCUT2D eigenvalue weighted by atomic mass is 14.9. The Kier molecular flexibility index (Phi) is 4.52. The number of hydrogen-bond donors (Lipinski definition) is 1. The van der Waals surface area contributed by atoms with Crippen LogP contribution in [-0.2, 0) is 0 Å². The Bertz CT molecular complexity index is 523. The first-order valence-corrected chi connectivity index (χ1v) is 6.04. The Labute approximate surface area is 108 Å². The first-order valence-electron chi connectivity index (χ1n) is 6.04. The summed E-state index contributed by atoms with van der Waals surface area (Å²) in [6.07, 6.45) is 1.81. The molecule has 0 aliphatic carbocycles. The van der Waals surface area contributed by atoms with Gasteiger partial charge in [0.25, 0.3) is 0 Å². The van der Waals surface area contributed by atoms with Crippen LogP contribution in [0.15, 0.2) is 54.7 Å². The van der Waals surface area contributed by atoms with Gasteiger partial charge in [0.05, 0.1) is 12.2 Å². The summed E-state index contributed by atoms with van der Waals surface area (Å²) in [5, 5.41) is 3.33. The highest BCUT2D eigenvalue weighted by Crippen LogP contribution is 2.06. The van der Waals surface area contributed by atoms with Crippen LogP contribution < -0.4 is 5.32 Å². The van der Waals surface area contributed by atoms with E-state index in [9.17, 15) is 0 Å². The zero-order chi connectivity index (χ0) is 12.6. The normalized spacial score (nSPS) is 11.4. The molecule has 18 heavy (non-hydrogen) atoms. The SMILES string of the molecule is CC(NCC#Cc1ccccc1)c1ccccn1. The molecule has 0 aliphatic heterocycles. The van der Waals surface area contributed by atoms with Crippen molar-refractivity contribution in [3.63, 3.8) is 0 Å². The van der Waals surface area contributed by atoms with Crippen molar-refractivity contribution >= 4 is 0 Å². The molecule has 2 heteroatoms. The maximum Gasteiger partial charge on any atom is 0.0585 e. The molecule has 0 spiro atoms. The van der Waals surface area contributed by atoms with E-state index in [0.29, 0.717) is 6.54 Å². The highest BCUT2D eigenvalue weighted by Gasteiger charge is 2.02. The molecule has 90 valence electrons. The van der Waals surface area contributed by atoms with E-state index in [0.717, 1.165) is 11.3 Å². The Morgan fingerprint density at radius 3 is 2.61 bits per heavy atom. The maximum absolute atomic E-state index is 4.30. The zero-order valence-electron chi connectivity index (χ0n) is 10.4. The van der Waals surface area contributed by atoms with E-state index in [1.54, 1.807) is 0 Å². The van der Waals surface area contributed by atoms with Gasteiger partial charge in [-0.15, -0.1) is 0 Å². The molecule has 1 heterocycles. The lowest BCUT2D eigenvalue weighted by molar-refractivity contribution is 0.606. The topological polar surface area (TPSA) is 24.9 Å². The fourth-order valence-electron chi connectivity index (χ4n) is 1.61. The van der Waals surface area contributed by atoms with Crippen LogP contribution in [0.5, 0.6) is 0 Å². The van der Waals surface area contributed by atoms with Crippen LogP contribution in [0.3, 0.4) is 0 Å². The first-order chi connectivity index (χ1) is 8.86. The number of hydrogen-bond acceptors (Lipinski definition) is 2. The van der Waals surface area contributed by atoms with E-state index in [1.807, 2.05) is 54.7 Å². The summed E-state index contributed by atoms with van der Waals surface area (Å²) in [7, 11) is 0. The molecule has 0 fully saturated rings. The Balaban J connectivity index is 1.85. The Morgan fingerprint density at radius 2 is 1.89 bits per heavy atom. The van der Waals surface area contributed by atoms with E-state index < -0.39 is 0 Å². The summed E-state index contributed by atoms with van der Waals surface area (Å²) >= 11 is 0.